The van der Waals surface area contributed by atoms with Gasteiger partial charge in [-0.15, -0.1) is 0 Å². The lowest BCUT2D eigenvalue weighted by atomic mass is 9.99. The summed E-state index contributed by atoms with van der Waals surface area (Å²) < 4.78 is 0. The van der Waals surface area contributed by atoms with Crippen LogP contribution in [0.3, 0.4) is 0 Å². The van der Waals surface area contributed by atoms with Crippen LogP contribution < -0.4 is 5.32 Å². The Morgan fingerprint density at radius 1 is 1.25 bits per heavy atom. The molecule has 1 aromatic carbocycles. The number of amides is 2. The molecule has 1 aliphatic rings. The maximum absolute atomic E-state index is 12.2. The molecule has 1 saturated heterocycles. The van der Waals surface area contributed by atoms with E-state index in [9.17, 15) is 9.59 Å². The second-order valence-corrected chi connectivity index (χ2v) is 6.10. The van der Waals surface area contributed by atoms with Gasteiger partial charge < -0.3 is 15.3 Å². The Morgan fingerprint density at radius 3 is 2.92 bits per heavy atom. The van der Waals surface area contributed by atoms with Crippen molar-refractivity contribution in [3.05, 3.63) is 42.1 Å². The lowest BCUT2D eigenvalue weighted by molar-refractivity contribution is -0.143. The summed E-state index contributed by atoms with van der Waals surface area (Å²) in [5.41, 5.74) is 1.87. The van der Waals surface area contributed by atoms with Gasteiger partial charge >= 0.3 is 12.0 Å². The largest absolute Gasteiger partial charge is 0.481 e. The minimum atomic E-state index is -0.826. The van der Waals surface area contributed by atoms with Crippen LogP contribution in [0.5, 0.6) is 0 Å². The molecule has 1 atom stereocenters. The van der Waals surface area contributed by atoms with Crippen molar-refractivity contribution in [3.8, 4) is 0 Å². The van der Waals surface area contributed by atoms with Gasteiger partial charge in [0.15, 0.2) is 0 Å². The number of hydrogen-bond donors (Lipinski definition) is 2. The summed E-state index contributed by atoms with van der Waals surface area (Å²) in [6.45, 7) is 1.39. The number of carbonyl (C=O) groups excluding carboxylic acids is 1. The van der Waals surface area contributed by atoms with E-state index in [1.807, 2.05) is 36.4 Å². The first-order valence-electron chi connectivity index (χ1n) is 8.24. The van der Waals surface area contributed by atoms with Crippen LogP contribution in [0.1, 0.15) is 18.5 Å². The second-order valence-electron chi connectivity index (χ2n) is 6.10. The van der Waals surface area contributed by atoms with E-state index in [-0.39, 0.29) is 12.6 Å². The number of aliphatic carboxylic acids is 1. The van der Waals surface area contributed by atoms with E-state index in [0.29, 0.717) is 25.9 Å². The Labute approximate surface area is 140 Å². The zero-order valence-electron chi connectivity index (χ0n) is 13.4. The highest BCUT2D eigenvalue weighted by Crippen LogP contribution is 2.16. The van der Waals surface area contributed by atoms with E-state index < -0.39 is 11.9 Å². The molecule has 2 heterocycles. The fraction of sp³-hybridized carbons (Fsp3) is 0.389. The van der Waals surface area contributed by atoms with Gasteiger partial charge in [0.25, 0.3) is 0 Å². The number of nitrogens with one attached hydrogen (secondary N) is 1. The van der Waals surface area contributed by atoms with Crippen molar-refractivity contribution >= 4 is 22.9 Å². The van der Waals surface area contributed by atoms with Crippen LogP contribution in [0.25, 0.3) is 10.9 Å². The van der Waals surface area contributed by atoms with E-state index in [4.69, 9.17) is 5.11 Å². The highest BCUT2D eigenvalue weighted by molar-refractivity contribution is 5.78. The highest BCUT2D eigenvalue weighted by Gasteiger charge is 2.27. The lowest BCUT2D eigenvalue weighted by Crippen LogP contribution is -2.47. The van der Waals surface area contributed by atoms with Crippen molar-refractivity contribution < 1.29 is 14.7 Å². The first-order valence-corrected chi connectivity index (χ1v) is 8.24. The molecule has 126 valence electrons. The number of hydrogen-bond acceptors (Lipinski definition) is 3. The third kappa shape index (κ3) is 3.82. The normalized spacial score (nSPS) is 17.7. The number of likely N-dealkylation sites (tertiary alicyclic amines) is 1. The van der Waals surface area contributed by atoms with Gasteiger partial charge in [-0.2, -0.15) is 0 Å². The predicted octanol–water partition coefficient (Wildman–Crippen LogP) is 2.28. The molecule has 0 radical (unpaired) electrons. The molecule has 3 rings (SSSR count). The molecule has 2 aromatic rings. The summed E-state index contributed by atoms with van der Waals surface area (Å²) in [4.78, 5) is 29.4. The monoisotopic (exact) mass is 327 g/mol. The molecule has 0 spiro atoms. The van der Waals surface area contributed by atoms with E-state index in [2.05, 4.69) is 10.3 Å². The molecule has 1 fully saturated rings. The smallest absolute Gasteiger partial charge is 0.317 e. The van der Waals surface area contributed by atoms with Gasteiger partial charge in [-0.1, -0.05) is 24.3 Å². The number of para-hydroxylation sites is 1. The summed E-state index contributed by atoms with van der Waals surface area (Å²) in [7, 11) is 0. The third-order valence-corrected chi connectivity index (χ3v) is 4.37. The number of benzene rings is 1. The fourth-order valence-corrected chi connectivity index (χ4v) is 3.02. The van der Waals surface area contributed by atoms with Crippen LogP contribution >= 0.6 is 0 Å². The van der Waals surface area contributed by atoms with E-state index in [0.717, 1.165) is 23.0 Å². The van der Waals surface area contributed by atoms with Crippen LogP contribution in [-0.2, 0) is 11.2 Å². The van der Waals surface area contributed by atoms with Crippen molar-refractivity contribution in [2.24, 2.45) is 5.92 Å². The Bertz CT molecular complexity index is 747. The number of carbonyl (C=O) groups is 2. The number of piperidine rings is 1. The molecule has 1 unspecified atom stereocenters. The van der Waals surface area contributed by atoms with Gasteiger partial charge in [0.1, 0.15) is 0 Å². The SMILES string of the molecule is O=C(O)C1CCCN(C(=O)NCCc2ccc3ccccc3n2)C1. The molecule has 0 bridgehead atoms. The van der Waals surface area contributed by atoms with Gasteiger partial charge in [0.2, 0.25) is 0 Å². The zero-order chi connectivity index (χ0) is 16.9. The molecule has 24 heavy (non-hydrogen) atoms. The molecule has 0 saturated carbocycles. The molecule has 2 amide bonds. The minimum Gasteiger partial charge on any atom is -0.481 e. The molecule has 2 N–H and O–H groups in total. The number of pyridine rings is 1. The molecule has 1 aromatic heterocycles. The molecular formula is C18H21N3O3. The van der Waals surface area contributed by atoms with E-state index >= 15 is 0 Å². The number of urea groups is 1. The Kier molecular flexibility index (Phi) is 4.93. The number of carboxylic acid groups (broad SMARTS) is 1. The maximum Gasteiger partial charge on any atom is 0.317 e. The average Bonchev–Trinajstić information content (AvgIpc) is 2.61. The first-order chi connectivity index (χ1) is 11.6. The Hall–Kier alpha value is -2.63. The van der Waals surface area contributed by atoms with Crippen LogP contribution in [0.4, 0.5) is 4.79 Å². The number of nitrogens with zero attached hydrogens (tertiary/aromatic N) is 2. The van der Waals surface area contributed by atoms with Crippen LogP contribution in [0.2, 0.25) is 0 Å². The first kappa shape index (κ1) is 16.2. The molecule has 6 heteroatoms. The van der Waals surface area contributed by atoms with Crippen LogP contribution in [0, 0.1) is 5.92 Å². The van der Waals surface area contributed by atoms with Gasteiger partial charge in [-0.3, -0.25) is 9.78 Å². The highest BCUT2D eigenvalue weighted by atomic mass is 16.4. The average molecular weight is 327 g/mol. The summed E-state index contributed by atoms with van der Waals surface area (Å²) >= 11 is 0. The number of carboxylic acids is 1. The van der Waals surface area contributed by atoms with E-state index in [1.165, 1.54) is 0 Å². The van der Waals surface area contributed by atoms with Crippen molar-refractivity contribution in [3.63, 3.8) is 0 Å². The van der Waals surface area contributed by atoms with Crippen LogP contribution in [-0.4, -0.2) is 46.6 Å². The predicted molar refractivity (Wildman–Crippen MR) is 90.8 cm³/mol. The number of aromatic nitrogens is 1. The van der Waals surface area contributed by atoms with Crippen molar-refractivity contribution in [2.75, 3.05) is 19.6 Å². The van der Waals surface area contributed by atoms with Gasteiger partial charge in [0, 0.05) is 37.1 Å². The molecule has 1 aliphatic heterocycles. The fourth-order valence-electron chi connectivity index (χ4n) is 3.02. The Balaban J connectivity index is 1.51. The minimum absolute atomic E-state index is 0.193. The maximum atomic E-state index is 12.2. The Morgan fingerprint density at radius 2 is 2.08 bits per heavy atom. The summed E-state index contributed by atoms with van der Waals surface area (Å²) in [5, 5.41) is 13.0. The van der Waals surface area contributed by atoms with Gasteiger partial charge in [-0.25, -0.2) is 4.79 Å². The van der Waals surface area contributed by atoms with Gasteiger partial charge in [0.05, 0.1) is 11.4 Å². The molecule has 6 nitrogen and oxygen atoms in total. The van der Waals surface area contributed by atoms with E-state index in [1.54, 1.807) is 4.90 Å². The standard InChI is InChI=1S/C18H21N3O3/c22-17(23)14-5-3-11-21(12-14)18(24)19-10-9-15-8-7-13-4-1-2-6-16(13)20-15/h1-2,4,6-8,14H,3,5,9-12H2,(H,19,24)(H,22,23). The summed E-state index contributed by atoms with van der Waals surface area (Å²) in [6, 6.07) is 11.7. The second kappa shape index (κ2) is 7.29. The molecular weight excluding hydrogens is 306 g/mol. The molecule has 0 aliphatic carbocycles. The third-order valence-electron chi connectivity index (χ3n) is 4.37. The van der Waals surface area contributed by atoms with Gasteiger partial charge in [-0.05, 0) is 25.0 Å². The number of fused-ring (bicyclic) bond motifs is 1. The lowest BCUT2D eigenvalue weighted by Gasteiger charge is -2.30. The summed E-state index contributed by atoms with van der Waals surface area (Å²) in [5.74, 6) is -1.28. The van der Waals surface area contributed by atoms with Crippen molar-refractivity contribution in [2.45, 2.75) is 19.3 Å². The quantitative estimate of drug-likeness (QED) is 0.902. The number of rotatable bonds is 4. The topological polar surface area (TPSA) is 82.5 Å². The van der Waals surface area contributed by atoms with Crippen LogP contribution in [0.15, 0.2) is 36.4 Å². The summed E-state index contributed by atoms with van der Waals surface area (Å²) in [6.07, 6.45) is 2.02. The van der Waals surface area contributed by atoms with Crippen molar-refractivity contribution in [1.29, 1.82) is 0 Å². The van der Waals surface area contributed by atoms with Crippen molar-refractivity contribution in [1.82, 2.24) is 15.2 Å². The zero-order valence-corrected chi connectivity index (χ0v) is 13.4.